The molecule has 0 fully saturated rings. The number of rotatable bonds is 6. The highest BCUT2D eigenvalue weighted by Crippen LogP contribution is 2.30. The van der Waals surface area contributed by atoms with Gasteiger partial charge in [0.1, 0.15) is 5.75 Å². The average molecular weight is 304 g/mol. The van der Waals surface area contributed by atoms with Crippen LogP contribution in [0.2, 0.25) is 5.02 Å². The number of halogens is 1. The highest BCUT2D eigenvalue weighted by atomic mass is 35.5. The van der Waals surface area contributed by atoms with Crippen molar-refractivity contribution in [2.75, 3.05) is 13.2 Å². The molecule has 112 valence electrons. The summed E-state index contributed by atoms with van der Waals surface area (Å²) in [4.78, 5) is 0. The zero-order chi connectivity index (χ0) is 15.2. The standard InChI is InChI=1S/C18H22ClNO/c1-4-20-18(16-10-7-11-17(19)13(16)3)14-8-6-9-15(12-14)21-5-2/h6-12,18,20H,4-5H2,1-3H3. The van der Waals surface area contributed by atoms with E-state index in [0.717, 1.165) is 22.9 Å². The molecule has 0 radical (unpaired) electrons. The minimum absolute atomic E-state index is 0.120. The molecule has 21 heavy (non-hydrogen) atoms. The van der Waals surface area contributed by atoms with E-state index in [0.29, 0.717) is 6.61 Å². The van der Waals surface area contributed by atoms with Crippen LogP contribution in [0.15, 0.2) is 42.5 Å². The quantitative estimate of drug-likeness (QED) is 0.832. The van der Waals surface area contributed by atoms with Gasteiger partial charge in [0.2, 0.25) is 0 Å². The fraction of sp³-hybridized carbons (Fsp3) is 0.333. The molecular formula is C18H22ClNO. The minimum atomic E-state index is 0.120. The van der Waals surface area contributed by atoms with E-state index in [4.69, 9.17) is 16.3 Å². The van der Waals surface area contributed by atoms with Crippen molar-refractivity contribution in [1.82, 2.24) is 5.32 Å². The molecule has 2 rings (SSSR count). The van der Waals surface area contributed by atoms with Crippen molar-refractivity contribution in [1.29, 1.82) is 0 Å². The van der Waals surface area contributed by atoms with E-state index < -0.39 is 0 Å². The number of benzene rings is 2. The first-order valence-electron chi connectivity index (χ1n) is 7.38. The molecule has 0 aliphatic heterocycles. The third kappa shape index (κ3) is 3.78. The topological polar surface area (TPSA) is 21.3 Å². The lowest BCUT2D eigenvalue weighted by atomic mass is 9.94. The summed E-state index contributed by atoms with van der Waals surface area (Å²) >= 11 is 6.27. The van der Waals surface area contributed by atoms with Crippen LogP contribution in [0.3, 0.4) is 0 Å². The summed E-state index contributed by atoms with van der Waals surface area (Å²) in [6, 6.07) is 14.4. The van der Waals surface area contributed by atoms with E-state index >= 15 is 0 Å². The van der Waals surface area contributed by atoms with Gasteiger partial charge in [0.15, 0.2) is 0 Å². The van der Waals surface area contributed by atoms with Gasteiger partial charge in [-0.3, -0.25) is 0 Å². The van der Waals surface area contributed by atoms with Crippen LogP contribution in [-0.2, 0) is 0 Å². The number of nitrogens with one attached hydrogen (secondary N) is 1. The molecule has 0 aliphatic carbocycles. The summed E-state index contributed by atoms with van der Waals surface area (Å²) in [6.07, 6.45) is 0. The molecule has 2 aromatic rings. The lowest BCUT2D eigenvalue weighted by molar-refractivity contribution is 0.339. The van der Waals surface area contributed by atoms with Crippen LogP contribution in [0.25, 0.3) is 0 Å². The first kappa shape index (κ1) is 15.9. The summed E-state index contributed by atoms with van der Waals surface area (Å²) in [6.45, 7) is 7.73. The van der Waals surface area contributed by atoms with Crippen molar-refractivity contribution in [3.8, 4) is 5.75 Å². The van der Waals surface area contributed by atoms with Gasteiger partial charge >= 0.3 is 0 Å². The second-order valence-electron chi connectivity index (χ2n) is 4.95. The monoisotopic (exact) mass is 303 g/mol. The lowest BCUT2D eigenvalue weighted by Gasteiger charge is -2.22. The predicted molar refractivity (Wildman–Crippen MR) is 89.3 cm³/mol. The summed E-state index contributed by atoms with van der Waals surface area (Å²) in [5, 5.41) is 4.34. The molecule has 1 atom stereocenters. The summed E-state index contributed by atoms with van der Waals surface area (Å²) in [5.74, 6) is 0.901. The third-order valence-electron chi connectivity index (χ3n) is 3.53. The molecule has 0 heterocycles. The van der Waals surface area contributed by atoms with E-state index in [1.807, 2.05) is 31.2 Å². The van der Waals surface area contributed by atoms with Crippen molar-refractivity contribution in [2.24, 2.45) is 0 Å². The van der Waals surface area contributed by atoms with Gasteiger partial charge in [-0.05, 0) is 55.3 Å². The Bertz CT molecular complexity index is 598. The van der Waals surface area contributed by atoms with Crippen molar-refractivity contribution >= 4 is 11.6 Å². The van der Waals surface area contributed by atoms with E-state index in [9.17, 15) is 0 Å². The van der Waals surface area contributed by atoms with Gasteiger partial charge in [0, 0.05) is 5.02 Å². The highest BCUT2D eigenvalue weighted by molar-refractivity contribution is 6.31. The maximum Gasteiger partial charge on any atom is 0.119 e. The van der Waals surface area contributed by atoms with Crippen molar-refractivity contribution < 1.29 is 4.74 Å². The molecule has 1 N–H and O–H groups in total. The molecular weight excluding hydrogens is 282 g/mol. The van der Waals surface area contributed by atoms with Crippen molar-refractivity contribution in [3.63, 3.8) is 0 Å². The van der Waals surface area contributed by atoms with E-state index in [1.165, 1.54) is 11.1 Å². The first-order chi connectivity index (χ1) is 10.2. The second kappa shape index (κ2) is 7.48. The Kier molecular flexibility index (Phi) is 5.66. The lowest BCUT2D eigenvalue weighted by Crippen LogP contribution is -2.22. The average Bonchev–Trinajstić information content (AvgIpc) is 2.49. The minimum Gasteiger partial charge on any atom is -0.494 e. The molecule has 0 aromatic heterocycles. The molecule has 2 aromatic carbocycles. The van der Waals surface area contributed by atoms with E-state index in [-0.39, 0.29) is 6.04 Å². The summed E-state index contributed by atoms with van der Waals surface area (Å²) in [7, 11) is 0. The zero-order valence-corrected chi connectivity index (χ0v) is 13.6. The number of hydrogen-bond acceptors (Lipinski definition) is 2. The van der Waals surface area contributed by atoms with E-state index in [1.54, 1.807) is 0 Å². The Morgan fingerprint density at radius 2 is 1.90 bits per heavy atom. The highest BCUT2D eigenvalue weighted by Gasteiger charge is 2.16. The Labute approximate surface area is 132 Å². The largest absolute Gasteiger partial charge is 0.494 e. The first-order valence-corrected chi connectivity index (χ1v) is 7.76. The number of hydrogen-bond donors (Lipinski definition) is 1. The SMILES string of the molecule is CCNC(c1cccc(OCC)c1)c1cccc(Cl)c1C. The molecule has 0 saturated carbocycles. The van der Waals surface area contributed by atoms with Gasteiger partial charge in [-0.15, -0.1) is 0 Å². The molecule has 0 aliphatic rings. The smallest absolute Gasteiger partial charge is 0.119 e. The molecule has 0 bridgehead atoms. The van der Waals surface area contributed by atoms with Crippen LogP contribution in [0.1, 0.15) is 36.6 Å². The van der Waals surface area contributed by atoms with Crippen LogP contribution in [-0.4, -0.2) is 13.2 Å². The van der Waals surface area contributed by atoms with Crippen LogP contribution in [0, 0.1) is 6.92 Å². The van der Waals surface area contributed by atoms with Crippen LogP contribution >= 0.6 is 11.6 Å². The molecule has 0 spiro atoms. The Morgan fingerprint density at radius 3 is 2.62 bits per heavy atom. The molecule has 0 saturated heterocycles. The molecule has 2 nitrogen and oxygen atoms in total. The second-order valence-corrected chi connectivity index (χ2v) is 5.36. The van der Waals surface area contributed by atoms with Crippen LogP contribution < -0.4 is 10.1 Å². The summed E-state index contributed by atoms with van der Waals surface area (Å²) in [5.41, 5.74) is 3.51. The number of ether oxygens (including phenoxy) is 1. The van der Waals surface area contributed by atoms with Crippen LogP contribution in [0.5, 0.6) is 5.75 Å². The Balaban J connectivity index is 2.43. The maximum atomic E-state index is 6.27. The molecule has 1 unspecified atom stereocenters. The Hall–Kier alpha value is -1.51. The fourth-order valence-electron chi connectivity index (χ4n) is 2.50. The fourth-order valence-corrected chi connectivity index (χ4v) is 2.68. The normalized spacial score (nSPS) is 12.2. The van der Waals surface area contributed by atoms with Crippen molar-refractivity contribution in [2.45, 2.75) is 26.8 Å². The predicted octanol–water partition coefficient (Wildman–Crippen LogP) is 4.75. The van der Waals surface area contributed by atoms with Gasteiger partial charge in [0.05, 0.1) is 12.6 Å². The van der Waals surface area contributed by atoms with Gasteiger partial charge in [-0.2, -0.15) is 0 Å². The van der Waals surface area contributed by atoms with E-state index in [2.05, 4.69) is 37.4 Å². The zero-order valence-electron chi connectivity index (χ0n) is 12.8. The van der Waals surface area contributed by atoms with Crippen molar-refractivity contribution in [3.05, 3.63) is 64.2 Å². The van der Waals surface area contributed by atoms with Crippen LogP contribution in [0.4, 0.5) is 0 Å². The van der Waals surface area contributed by atoms with Gasteiger partial charge in [0.25, 0.3) is 0 Å². The van der Waals surface area contributed by atoms with Gasteiger partial charge in [-0.25, -0.2) is 0 Å². The van der Waals surface area contributed by atoms with Gasteiger partial charge < -0.3 is 10.1 Å². The maximum absolute atomic E-state index is 6.27. The third-order valence-corrected chi connectivity index (χ3v) is 3.94. The molecule has 0 amide bonds. The van der Waals surface area contributed by atoms with Gasteiger partial charge in [-0.1, -0.05) is 42.8 Å². The molecule has 3 heteroatoms. The Morgan fingerprint density at radius 1 is 1.14 bits per heavy atom. The summed E-state index contributed by atoms with van der Waals surface area (Å²) < 4.78 is 5.61.